The molecule has 0 aliphatic heterocycles. The summed E-state index contributed by atoms with van der Waals surface area (Å²) >= 11 is 0. The molecule has 102 valence electrons. The maximum Gasteiger partial charge on any atom is 0.272 e. The number of hydrogen-bond acceptors (Lipinski definition) is 3. The number of aliphatic hydroxyl groups excluding tert-OH is 1. The van der Waals surface area contributed by atoms with Gasteiger partial charge in [0.05, 0.1) is 12.3 Å². The predicted molar refractivity (Wildman–Crippen MR) is 73.0 cm³/mol. The molecule has 0 aromatic carbocycles. The van der Waals surface area contributed by atoms with Gasteiger partial charge in [0.2, 0.25) is 0 Å². The lowest BCUT2D eigenvalue weighted by atomic mass is 10.1. The highest BCUT2D eigenvalue weighted by atomic mass is 16.3. The molecule has 4 heteroatoms. The molecule has 1 rings (SSSR count). The Morgan fingerprint density at radius 2 is 1.89 bits per heavy atom. The summed E-state index contributed by atoms with van der Waals surface area (Å²) < 4.78 is 1.71. The highest BCUT2D eigenvalue weighted by Gasteiger charge is 2.13. The molecule has 0 atom stereocenters. The minimum absolute atomic E-state index is 0.00665. The monoisotopic (exact) mass is 252 g/mol. The van der Waals surface area contributed by atoms with E-state index in [0.717, 1.165) is 43.5 Å². The van der Waals surface area contributed by atoms with E-state index in [4.69, 9.17) is 5.11 Å². The molecule has 0 aliphatic rings. The van der Waals surface area contributed by atoms with Gasteiger partial charge in [-0.15, -0.1) is 0 Å². The average molecular weight is 252 g/mol. The quantitative estimate of drug-likeness (QED) is 0.803. The Balaban J connectivity index is 3.30. The number of unbranched alkanes of at least 4 members (excludes halogenated alkanes) is 1. The first-order valence-corrected chi connectivity index (χ1v) is 6.91. The van der Waals surface area contributed by atoms with E-state index >= 15 is 0 Å². The van der Waals surface area contributed by atoms with E-state index in [-0.39, 0.29) is 12.2 Å². The maximum atomic E-state index is 12.3. The normalized spacial score (nSPS) is 10.9. The van der Waals surface area contributed by atoms with Crippen LogP contribution in [0.3, 0.4) is 0 Å². The van der Waals surface area contributed by atoms with Gasteiger partial charge in [-0.05, 0) is 25.7 Å². The fraction of sp³-hybridized carbons (Fsp3) is 0.714. The van der Waals surface area contributed by atoms with E-state index in [9.17, 15) is 4.79 Å². The van der Waals surface area contributed by atoms with Crippen molar-refractivity contribution in [3.8, 4) is 0 Å². The van der Waals surface area contributed by atoms with Crippen LogP contribution in [0.1, 0.15) is 50.7 Å². The molecule has 1 aromatic rings. The molecular weight excluding hydrogens is 228 g/mol. The van der Waals surface area contributed by atoms with Gasteiger partial charge >= 0.3 is 0 Å². The Labute approximate surface area is 109 Å². The lowest BCUT2D eigenvalue weighted by Crippen LogP contribution is -2.31. The fourth-order valence-corrected chi connectivity index (χ4v) is 2.23. The van der Waals surface area contributed by atoms with Gasteiger partial charge in [-0.3, -0.25) is 9.78 Å². The van der Waals surface area contributed by atoms with Crippen LogP contribution < -0.4 is 5.56 Å². The molecule has 0 unspecified atom stereocenters. The average Bonchev–Trinajstić information content (AvgIpc) is 2.39. The lowest BCUT2D eigenvalue weighted by Gasteiger charge is -2.15. The van der Waals surface area contributed by atoms with Gasteiger partial charge < -0.3 is 9.67 Å². The Morgan fingerprint density at radius 1 is 1.17 bits per heavy atom. The largest absolute Gasteiger partial charge is 0.395 e. The first-order valence-electron chi connectivity index (χ1n) is 6.91. The zero-order chi connectivity index (χ0) is 13.5. The van der Waals surface area contributed by atoms with Crippen LogP contribution in [0.4, 0.5) is 0 Å². The molecule has 0 aliphatic carbocycles. The van der Waals surface area contributed by atoms with Gasteiger partial charge in [0.25, 0.3) is 5.56 Å². The molecule has 1 heterocycles. The van der Waals surface area contributed by atoms with Crippen LogP contribution >= 0.6 is 0 Å². The van der Waals surface area contributed by atoms with Crippen molar-refractivity contribution < 1.29 is 5.11 Å². The van der Waals surface area contributed by atoms with Gasteiger partial charge in [-0.25, -0.2) is 0 Å². The zero-order valence-electron chi connectivity index (χ0n) is 11.7. The molecule has 1 N–H and O–H groups in total. The van der Waals surface area contributed by atoms with E-state index < -0.39 is 0 Å². The summed E-state index contributed by atoms with van der Waals surface area (Å²) in [5.41, 5.74) is 2.60. The highest BCUT2D eigenvalue weighted by molar-refractivity contribution is 5.17. The number of rotatable bonds is 7. The van der Waals surface area contributed by atoms with Crippen LogP contribution in [0.2, 0.25) is 0 Å². The van der Waals surface area contributed by atoms with Gasteiger partial charge in [0.1, 0.15) is 5.69 Å². The van der Waals surface area contributed by atoms with Crippen LogP contribution in [-0.4, -0.2) is 21.3 Å². The van der Waals surface area contributed by atoms with Crippen molar-refractivity contribution in [1.82, 2.24) is 9.55 Å². The van der Waals surface area contributed by atoms with Crippen LogP contribution in [0.25, 0.3) is 0 Å². The van der Waals surface area contributed by atoms with Crippen molar-refractivity contribution in [2.24, 2.45) is 0 Å². The van der Waals surface area contributed by atoms with Crippen LogP contribution in [0.15, 0.2) is 4.79 Å². The lowest BCUT2D eigenvalue weighted by molar-refractivity contribution is 0.271. The number of nitrogens with zero attached hydrogens (tertiary/aromatic N) is 2. The SMILES string of the molecule is CCCCc1nc(CC)c(CC)n(CCO)c1=O. The molecular formula is C14H24N2O2. The van der Waals surface area contributed by atoms with E-state index in [1.54, 1.807) is 4.57 Å². The molecule has 0 amide bonds. The Hall–Kier alpha value is -1.16. The fourth-order valence-electron chi connectivity index (χ4n) is 2.23. The Morgan fingerprint density at radius 3 is 2.39 bits per heavy atom. The second-order valence-electron chi connectivity index (χ2n) is 4.44. The highest BCUT2D eigenvalue weighted by Crippen LogP contribution is 2.09. The Bertz CT molecular complexity index is 438. The molecule has 0 radical (unpaired) electrons. The van der Waals surface area contributed by atoms with E-state index in [1.165, 1.54) is 0 Å². The van der Waals surface area contributed by atoms with Crippen molar-refractivity contribution in [3.05, 3.63) is 27.4 Å². The summed E-state index contributed by atoms with van der Waals surface area (Å²) in [6.07, 6.45) is 4.37. The van der Waals surface area contributed by atoms with Crippen LogP contribution in [0.5, 0.6) is 0 Å². The second kappa shape index (κ2) is 7.31. The third kappa shape index (κ3) is 3.19. The summed E-state index contributed by atoms with van der Waals surface area (Å²) in [7, 11) is 0. The molecule has 1 aromatic heterocycles. The predicted octanol–water partition coefficient (Wildman–Crippen LogP) is 1.70. The van der Waals surface area contributed by atoms with E-state index in [0.29, 0.717) is 12.2 Å². The summed E-state index contributed by atoms with van der Waals surface area (Å²) in [6.45, 7) is 6.55. The van der Waals surface area contributed by atoms with Crippen LogP contribution in [-0.2, 0) is 25.8 Å². The minimum Gasteiger partial charge on any atom is -0.395 e. The topological polar surface area (TPSA) is 55.1 Å². The number of aryl methyl sites for hydroxylation is 2. The second-order valence-corrected chi connectivity index (χ2v) is 4.44. The Kier molecular flexibility index (Phi) is 6.05. The van der Waals surface area contributed by atoms with E-state index in [1.807, 2.05) is 6.92 Å². The smallest absolute Gasteiger partial charge is 0.272 e. The molecule has 0 spiro atoms. The molecule has 0 saturated heterocycles. The first-order chi connectivity index (χ1) is 8.69. The van der Waals surface area contributed by atoms with Gasteiger partial charge in [0, 0.05) is 12.2 Å². The number of hydrogen-bond donors (Lipinski definition) is 1. The number of aliphatic hydroxyl groups is 1. The number of aromatic nitrogens is 2. The van der Waals surface area contributed by atoms with Crippen molar-refractivity contribution in [2.75, 3.05) is 6.61 Å². The summed E-state index contributed by atoms with van der Waals surface area (Å²) in [6, 6.07) is 0. The summed E-state index contributed by atoms with van der Waals surface area (Å²) in [5, 5.41) is 9.11. The maximum absolute atomic E-state index is 12.3. The van der Waals surface area contributed by atoms with Gasteiger partial charge in [0.15, 0.2) is 0 Å². The first kappa shape index (κ1) is 14.9. The van der Waals surface area contributed by atoms with Crippen molar-refractivity contribution in [2.45, 2.75) is 59.4 Å². The van der Waals surface area contributed by atoms with Gasteiger partial charge in [-0.2, -0.15) is 0 Å². The standard InChI is InChI=1S/C14H24N2O2/c1-4-7-8-12-14(18)16(9-10-17)13(6-3)11(5-2)15-12/h17H,4-10H2,1-3H3. The summed E-state index contributed by atoms with van der Waals surface area (Å²) in [5.74, 6) is 0. The molecule has 0 fully saturated rings. The molecule has 4 nitrogen and oxygen atoms in total. The minimum atomic E-state index is -0.0217. The van der Waals surface area contributed by atoms with Crippen molar-refractivity contribution in [3.63, 3.8) is 0 Å². The van der Waals surface area contributed by atoms with Gasteiger partial charge in [-0.1, -0.05) is 27.2 Å². The molecule has 0 saturated carbocycles. The zero-order valence-corrected chi connectivity index (χ0v) is 11.7. The van der Waals surface area contributed by atoms with Crippen molar-refractivity contribution >= 4 is 0 Å². The molecule has 18 heavy (non-hydrogen) atoms. The van der Waals surface area contributed by atoms with Crippen molar-refractivity contribution in [1.29, 1.82) is 0 Å². The van der Waals surface area contributed by atoms with Crippen LogP contribution in [0, 0.1) is 0 Å². The molecule has 0 bridgehead atoms. The third-order valence-electron chi connectivity index (χ3n) is 3.18. The third-order valence-corrected chi connectivity index (χ3v) is 3.18. The van der Waals surface area contributed by atoms with E-state index in [2.05, 4.69) is 18.8 Å². The summed E-state index contributed by atoms with van der Waals surface area (Å²) in [4.78, 5) is 16.8.